The summed E-state index contributed by atoms with van der Waals surface area (Å²) in [5, 5.41) is 6.10. The van der Waals surface area contributed by atoms with Crippen molar-refractivity contribution in [1.29, 1.82) is 0 Å². The van der Waals surface area contributed by atoms with E-state index in [2.05, 4.69) is 17.6 Å². The minimum Gasteiger partial charge on any atom is -0.481 e. The van der Waals surface area contributed by atoms with Crippen molar-refractivity contribution in [2.45, 2.75) is 39.2 Å². The molecule has 0 aliphatic rings. The van der Waals surface area contributed by atoms with Gasteiger partial charge < -0.3 is 15.4 Å². The van der Waals surface area contributed by atoms with Crippen LogP contribution in [0.4, 0.5) is 11.4 Å². The SMILES string of the molecule is CCCCc1ccc(NC(=O)c2ccc(O[C@H](C)C(=O)Nc3ccccc3Cl)cc2)cc1. The molecule has 0 aromatic heterocycles. The molecule has 3 aromatic carbocycles. The standard InChI is InChI=1S/C26H27ClN2O3/c1-3-4-7-19-10-14-21(15-11-19)28-26(31)20-12-16-22(17-13-20)32-18(2)25(30)29-24-9-6-5-8-23(24)27/h5-6,8-18H,3-4,7H2,1-2H3,(H,28,31)(H,29,30)/t18-/m1/s1. The van der Waals surface area contributed by atoms with Gasteiger partial charge in [0.15, 0.2) is 6.10 Å². The first-order valence-electron chi connectivity index (χ1n) is 10.7. The van der Waals surface area contributed by atoms with Crippen LogP contribution in [0.1, 0.15) is 42.6 Å². The zero-order valence-electron chi connectivity index (χ0n) is 18.2. The van der Waals surface area contributed by atoms with Crippen molar-refractivity contribution in [2.75, 3.05) is 10.6 Å². The average Bonchev–Trinajstić information content (AvgIpc) is 2.80. The maximum atomic E-state index is 12.5. The highest BCUT2D eigenvalue weighted by molar-refractivity contribution is 6.33. The van der Waals surface area contributed by atoms with E-state index in [1.54, 1.807) is 55.5 Å². The van der Waals surface area contributed by atoms with Crippen LogP contribution in [-0.4, -0.2) is 17.9 Å². The van der Waals surface area contributed by atoms with Gasteiger partial charge in [0.2, 0.25) is 0 Å². The first-order chi connectivity index (χ1) is 15.5. The minimum absolute atomic E-state index is 0.206. The van der Waals surface area contributed by atoms with E-state index in [0.717, 1.165) is 24.9 Å². The van der Waals surface area contributed by atoms with E-state index in [4.69, 9.17) is 16.3 Å². The molecule has 3 rings (SSSR count). The van der Waals surface area contributed by atoms with Crippen molar-refractivity contribution in [2.24, 2.45) is 0 Å². The monoisotopic (exact) mass is 450 g/mol. The molecule has 2 amide bonds. The number of carbonyl (C=O) groups is 2. The lowest BCUT2D eigenvalue weighted by molar-refractivity contribution is -0.122. The molecule has 3 aromatic rings. The van der Waals surface area contributed by atoms with Gasteiger partial charge in [-0.25, -0.2) is 0 Å². The molecule has 0 bridgehead atoms. The van der Waals surface area contributed by atoms with Crippen molar-refractivity contribution in [3.63, 3.8) is 0 Å². The molecule has 1 atom stereocenters. The Kier molecular flexibility index (Phi) is 8.28. The molecule has 166 valence electrons. The third kappa shape index (κ3) is 6.59. The molecule has 0 fully saturated rings. The fourth-order valence-electron chi connectivity index (χ4n) is 3.08. The molecule has 0 unspecified atom stereocenters. The lowest BCUT2D eigenvalue weighted by Crippen LogP contribution is -2.30. The van der Waals surface area contributed by atoms with Crippen molar-refractivity contribution < 1.29 is 14.3 Å². The predicted octanol–water partition coefficient (Wildman–Crippen LogP) is 6.34. The second-order valence-corrected chi connectivity index (χ2v) is 7.92. The largest absolute Gasteiger partial charge is 0.481 e. The van der Waals surface area contributed by atoms with Gasteiger partial charge in [0.25, 0.3) is 11.8 Å². The van der Waals surface area contributed by atoms with Gasteiger partial charge in [-0.05, 0) is 73.9 Å². The number of carbonyl (C=O) groups excluding carboxylic acids is 2. The minimum atomic E-state index is -0.739. The molecule has 2 N–H and O–H groups in total. The van der Waals surface area contributed by atoms with Crippen LogP contribution >= 0.6 is 11.6 Å². The van der Waals surface area contributed by atoms with E-state index in [0.29, 0.717) is 22.0 Å². The lowest BCUT2D eigenvalue weighted by atomic mass is 10.1. The Hall–Kier alpha value is -3.31. The van der Waals surface area contributed by atoms with Crippen LogP contribution in [0.2, 0.25) is 5.02 Å². The fraction of sp³-hybridized carbons (Fsp3) is 0.231. The molecule has 0 radical (unpaired) electrons. The number of halogens is 1. The Morgan fingerprint density at radius 1 is 0.938 bits per heavy atom. The summed E-state index contributed by atoms with van der Waals surface area (Å²) in [6.45, 7) is 3.82. The number of aryl methyl sites for hydroxylation is 1. The number of para-hydroxylation sites is 1. The van der Waals surface area contributed by atoms with E-state index >= 15 is 0 Å². The molecule has 0 spiro atoms. The number of hydrogen-bond donors (Lipinski definition) is 2. The number of unbranched alkanes of at least 4 members (excludes halogenated alkanes) is 1. The van der Waals surface area contributed by atoms with Crippen LogP contribution in [0.5, 0.6) is 5.75 Å². The highest BCUT2D eigenvalue weighted by Crippen LogP contribution is 2.21. The lowest BCUT2D eigenvalue weighted by Gasteiger charge is -2.15. The first-order valence-corrected chi connectivity index (χ1v) is 11.1. The number of benzene rings is 3. The highest BCUT2D eigenvalue weighted by Gasteiger charge is 2.16. The summed E-state index contributed by atoms with van der Waals surface area (Å²) in [5.41, 5.74) is 3.04. The maximum absolute atomic E-state index is 12.5. The Morgan fingerprint density at radius 2 is 1.62 bits per heavy atom. The van der Waals surface area contributed by atoms with Crippen LogP contribution < -0.4 is 15.4 Å². The molecule has 0 heterocycles. The number of hydrogen-bond acceptors (Lipinski definition) is 3. The van der Waals surface area contributed by atoms with Gasteiger partial charge in [-0.3, -0.25) is 9.59 Å². The molecular weight excluding hydrogens is 424 g/mol. The highest BCUT2D eigenvalue weighted by atomic mass is 35.5. The number of nitrogens with one attached hydrogen (secondary N) is 2. The smallest absolute Gasteiger partial charge is 0.265 e. The van der Waals surface area contributed by atoms with Gasteiger partial charge in [0, 0.05) is 11.3 Å². The summed E-state index contributed by atoms with van der Waals surface area (Å²) in [6, 6.07) is 21.6. The van der Waals surface area contributed by atoms with Crippen molar-refractivity contribution in [3.05, 3.63) is 88.9 Å². The number of rotatable bonds is 9. The molecule has 0 saturated carbocycles. The number of anilines is 2. The molecule has 0 aliphatic heterocycles. The molecule has 0 saturated heterocycles. The molecule has 6 heteroatoms. The van der Waals surface area contributed by atoms with E-state index in [9.17, 15) is 9.59 Å². The van der Waals surface area contributed by atoms with Crippen LogP contribution in [-0.2, 0) is 11.2 Å². The molecular formula is C26H27ClN2O3. The van der Waals surface area contributed by atoms with E-state index in [-0.39, 0.29) is 11.8 Å². The van der Waals surface area contributed by atoms with Crippen molar-refractivity contribution in [3.8, 4) is 5.75 Å². The first kappa shape index (κ1) is 23.4. The van der Waals surface area contributed by atoms with Gasteiger partial charge in [-0.1, -0.05) is 49.2 Å². The summed E-state index contributed by atoms with van der Waals surface area (Å²) in [6.07, 6.45) is 2.61. The van der Waals surface area contributed by atoms with Crippen LogP contribution in [0, 0.1) is 0 Å². The second kappa shape index (κ2) is 11.3. The Labute approximate surface area is 193 Å². The molecule has 0 aliphatic carbocycles. The zero-order valence-corrected chi connectivity index (χ0v) is 19.0. The Balaban J connectivity index is 1.54. The van der Waals surface area contributed by atoms with Gasteiger partial charge in [0.1, 0.15) is 5.75 Å². The normalized spacial score (nSPS) is 11.5. The van der Waals surface area contributed by atoms with Crippen molar-refractivity contribution in [1.82, 2.24) is 0 Å². The zero-order chi connectivity index (χ0) is 22.9. The third-order valence-corrected chi connectivity index (χ3v) is 5.29. The van der Waals surface area contributed by atoms with Crippen LogP contribution in [0.25, 0.3) is 0 Å². The average molecular weight is 451 g/mol. The number of amides is 2. The second-order valence-electron chi connectivity index (χ2n) is 7.51. The van der Waals surface area contributed by atoms with E-state index < -0.39 is 6.10 Å². The van der Waals surface area contributed by atoms with Gasteiger partial charge in [-0.2, -0.15) is 0 Å². The fourth-order valence-corrected chi connectivity index (χ4v) is 3.26. The summed E-state index contributed by atoms with van der Waals surface area (Å²) in [4.78, 5) is 24.9. The summed E-state index contributed by atoms with van der Waals surface area (Å²) >= 11 is 6.07. The number of ether oxygens (including phenoxy) is 1. The van der Waals surface area contributed by atoms with Crippen LogP contribution in [0.15, 0.2) is 72.8 Å². The summed E-state index contributed by atoms with van der Waals surface area (Å²) in [7, 11) is 0. The van der Waals surface area contributed by atoms with E-state index in [1.807, 2.05) is 24.3 Å². The summed E-state index contributed by atoms with van der Waals surface area (Å²) in [5.74, 6) is -0.0340. The van der Waals surface area contributed by atoms with Crippen molar-refractivity contribution >= 4 is 34.8 Å². The van der Waals surface area contributed by atoms with E-state index in [1.165, 1.54) is 5.56 Å². The molecule has 5 nitrogen and oxygen atoms in total. The Bertz CT molecular complexity index is 1050. The van der Waals surface area contributed by atoms with Gasteiger partial charge in [-0.15, -0.1) is 0 Å². The van der Waals surface area contributed by atoms with Gasteiger partial charge in [0.05, 0.1) is 10.7 Å². The van der Waals surface area contributed by atoms with Gasteiger partial charge >= 0.3 is 0 Å². The predicted molar refractivity (Wildman–Crippen MR) is 130 cm³/mol. The molecule has 32 heavy (non-hydrogen) atoms. The topological polar surface area (TPSA) is 67.4 Å². The Morgan fingerprint density at radius 3 is 2.28 bits per heavy atom. The maximum Gasteiger partial charge on any atom is 0.265 e. The summed E-state index contributed by atoms with van der Waals surface area (Å²) < 4.78 is 5.70. The van der Waals surface area contributed by atoms with Crippen LogP contribution in [0.3, 0.4) is 0 Å². The third-order valence-electron chi connectivity index (χ3n) is 4.96. The quantitative estimate of drug-likeness (QED) is 0.399.